The van der Waals surface area contributed by atoms with Crippen molar-refractivity contribution in [2.75, 3.05) is 0 Å². The topological polar surface area (TPSA) is 39.2 Å². The van der Waals surface area contributed by atoms with Gasteiger partial charge in [0, 0.05) is 16.5 Å². The van der Waals surface area contributed by atoms with Gasteiger partial charge in [-0.3, -0.25) is 0 Å². The smallest absolute Gasteiger partial charge is 0.380 e. The first kappa shape index (κ1) is 21.4. The zero-order valence-electron chi connectivity index (χ0n) is 17.2. The number of fused-ring (bicyclic) bond motifs is 1. The van der Waals surface area contributed by atoms with Crippen molar-refractivity contribution in [1.29, 1.82) is 0 Å². The van der Waals surface area contributed by atoms with Crippen LogP contribution in [0.3, 0.4) is 0 Å². The minimum absolute atomic E-state index is 0.0140. The molecule has 2 heterocycles. The fourth-order valence-corrected chi connectivity index (χ4v) is 4.19. The highest BCUT2D eigenvalue weighted by Crippen LogP contribution is 2.65. The maximum absolute atomic E-state index is 15.2. The van der Waals surface area contributed by atoms with Gasteiger partial charge in [-0.1, -0.05) is 36.4 Å². The van der Waals surface area contributed by atoms with Crippen LogP contribution in [0.2, 0.25) is 0 Å². The highest BCUT2D eigenvalue weighted by molar-refractivity contribution is 6.07. The molecule has 0 saturated carbocycles. The van der Waals surface area contributed by atoms with E-state index in [9.17, 15) is 8.78 Å². The number of rotatable bonds is 3. The van der Waals surface area contributed by atoms with Crippen molar-refractivity contribution < 1.29 is 35.2 Å². The lowest BCUT2D eigenvalue weighted by molar-refractivity contribution is -0.254. The molecule has 33 heavy (non-hydrogen) atoms. The molecule has 5 rings (SSSR count). The molecule has 4 aromatic rings. The molecule has 0 unspecified atom stereocenters. The Morgan fingerprint density at radius 2 is 1.30 bits per heavy atom. The monoisotopic (exact) mass is 463 g/mol. The van der Waals surface area contributed by atoms with Gasteiger partial charge in [0.1, 0.15) is 22.8 Å². The second-order valence-corrected chi connectivity index (χ2v) is 7.79. The summed E-state index contributed by atoms with van der Waals surface area (Å²) >= 11 is 0. The maximum atomic E-state index is 15.2. The number of hydrogen-bond acceptors (Lipinski definition) is 3. The average Bonchev–Trinajstić information content (AvgIpc) is 3.33. The van der Waals surface area contributed by atoms with Crippen molar-refractivity contribution >= 4 is 22.1 Å². The highest BCUT2D eigenvalue weighted by Gasteiger charge is 2.81. The fourth-order valence-electron chi connectivity index (χ4n) is 4.19. The first-order chi connectivity index (χ1) is 15.5. The van der Waals surface area contributed by atoms with Gasteiger partial charge in [0.2, 0.25) is 5.89 Å². The Balaban J connectivity index is 1.88. The molecule has 2 aromatic carbocycles. The lowest BCUT2D eigenvalue weighted by Crippen LogP contribution is -2.49. The molecule has 3 nitrogen and oxygen atoms in total. The number of benzene rings is 2. The molecule has 0 N–H and O–H groups in total. The van der Waals surface area contributed by atoms with Gasteiger partial charge in [-0.2, -0.15) is 26.3 Å². The van der Waals surface area contributed by atoms with Crippen LogP contribution in [0, 0.1) is 13.8 Å². The Hall–Kier alpha value is -3.49. The molecule has 0 fully saturated rings. The van der Waals surface area contributed by atoms with E-state index in [-0.39, 0.29) is 28.4 Å². The number of aromatic nitrogens is 1. The highest BCUT2D eigenvalue weighted by atomic mass is 19.3. The summed E-state index contributed by atoms with van der Waals surface area (Å²) in [6, 6.07) is 13.9. The summed E-state index contributed by atoms with van der Waals surface area (Å²) in [6.07, 6.45) is 0. The van der Waals surface area contributed by atoms with Crippen molar-refractivity contribution in [3.63, 3.8) is 0 Å². The van der Waals surface area contributed by atoms with E-state index < -0.39 is 40.2 Å². The van der Waals surface area contributed by atoms with Gasteiger partial charge in [0.15, 0.2) is 0 Å². The number of nitrogens with zero attached hydrogens (tertiary/aromatic N) is 1. The zero-order chi connectivity index (χ0) is 23.8. The number of halogens is 6. The predicted molar refractivity (Wildman–Crippen MR) is 109 cm³/mol. The Morgan fingerprint density at radius 3 is 2.00 bits per heavy atom. The van der Waals surface area contributed by atoms with E-state index in [0.29, 0.717) is 5.56 Å². The van der Waals surface area contributed by atoms with Crippen LogP contribution in [0.4, 0.5) is 26.3 Å². The van der Waals surface area contributed by atoms with Gasteiger partial charge in [-0.15, -0.1) is 0 Å². The first-order valence-electron chi connectivity index (χ1n) is 9.89. The number of aryl methyl sites for hydroxylation is 2. The minimum Gasteiger partial charge on any atom is -0.461 e. The van der Waals surface area contributed by atoms with Crippen molar-refractivity contribution in [2.45, 2.75) is 31.6 Å². The third kappa shape index (κ3) is 2.74. The third-order valence-electron chi connectivity index (χ3n) is 5.74. The average molecular weight is 463 g/mol. The lowest BCUT2D eigenvalue weighted by atomic mass is 9.95. The minimum atomic E-state index is -5.70. The summed E-state index contributed by atoms with van der Waals surface area (Å²) in [7, 11) is 0. The molecular formula is C24H15F6NO2. The van der Waals surface area contributed by atoms with Crippen LogP contribution >= 0.6 is 0 Å². The summed E-state index contributed by atoms with van der Waals surface area (Å²) in [6.45, 7) is 2.47. The third-order valence-corrected chi connectivity index (χ3v) is 5.74. The molecule has 0 aliphatic heterocycles. The Bertz CT molecular complexity index is 1420. The SMILES string of the molecule is Cc1oc(-c2ccccc2)nc1C1=C(c2c(C)oc3ccccc23)C(F)(F)C(F)(F)C1(F)F. The van der Waals surface area contributed by atoms with Crippen LogP contribution in [-0.2, 0) is 0 Å². The summed E-state index contributed by atoms with van der Waals surface area (Å²) in [4.78, 5) is 3.96. The maximum Gasteiger partial charge on any atom is 0.380 e. The van der Waals surface area contributed by atoms with Crippen molar-refractivity contribution in [3.05, 3.63) is 77.4 Å². The molecular weight excluding hydrogens is 448 g/mol. The zero-order valence-corrected chi connectivity index (χ0v) is 17.2. The number of hydrogen-bond donors (Lipinski definition) is 0. The van der Waals surface area contributed by atoms with Crippen LogP contribution in [-0.4, -0.2) is 22.8 Å². The van der Waals surface area contributed by atoms with E-state index in [1.807, 2.05) is 0 Å². The molecule has 1 aliphatic rings. The van der Waals surface area contributed by atoms with Crippen molar-refractivity contribution in [2.24, 2.45) is 0 Å². The molecule has 2 aromatic heterocycles. The van der Waals surface area contributed by atoms with E-state index in [1.54, 1.807) is 36.4 Å². The van der Waals surface area contributed by atoms with E-state index in [0.717, 1.165) is 0 Å². The summed E-state index contributed by atoms with van der Waals surface area (Å²) < 4.78 is 101. The van der Waals surface area contributed by atoms with E-state index in [2.05, 4.69) is 4.98 Å². The number of furan rings is 1. The van der Waals surface area contributed by atoms with Crippen LogP contribution in [0.25, 0.3) is 33.6 Å². The van der Waals surface area contributed by atoms with Gasteiger partial charge in [-0.25, -0.2) is 4.98 Å². The van der Waals surface area contributed by atoms with Crippen LogP contribution in [0.1, 0.15) is 22.8 Å². The van der Waals surface area contributed by atoms with Crippen molar-refractivity contribution in [1.82, 2.24) is 4.98 Å². The van der Waals surface area contributed by atoms with Crippen molar-refractivity contribution in [3.8, 4) is 11.5 Å². The number of allylic oxidation sites excluding steroid dienone is 2. The quantitative estimate of drug-likeness (QED) is 0.295. The van der Waals surface area contributed by atoms with Gasteiger partial charge in [0.25, 0.3) is 0 Å². The Morgan fingerprint density at radius 1 is 0.697 bits per heavy atom. The molecule has 170 valence electrons. The molecule has 0 amide bonds. The van der Waals surface area contributed by atoms with Gasteiger partial charge in [-0.05, 0) is 32.0 Å². The fraction of sp³-hybridized carbons (Fsp3) is 0.208. The molecule has 1 aliphatic carbocycles. The molecule has 0 spiro atoms. The second kappa shape index (κ2) is 6.76. The largest absolute Gasteiger partial charge is 0.461 e. The van der Waals surface area contributed by atoms with Crippen LogP contribution < -0.4 is 0 Å². The Kier molecular flexibility index (Phi) is 4.37. The normalized spacial score (nSPS) is 18.9. The number of para-hydroxylation sites is 1. The second-order valence-electron chi connectivity index (χ2n) is 7.79. The summed E-state index contributed by atoms with van der Waals surface area (Å²) in [5.74, 6) is -16.8. The van der Waals surface area contributed by atoms with E-state index >= 15 is 17.6 Å². The standard InChI is InChI=1S/C24H15F6NO2/c1-12-17(15-10-6-7-11-16(15)32-12)18-19(23(27,28)24(29,30)22(18,25)26)20-13(2)33-21(31-20)14-8-4-3-5-9-14/h3-11H,1-2H3. The predicted octanol–water partition coefficient (Wildman–Crippen LogP) is 7.53. The van der Waals surface area contributed by atoms with Crippen LogP contribution in [0.15, 0.2) is 63.4 Å². The summed E-state index contributed by atoms with van der Waals surface area (Å²) in [5.41, 5.74) is -3.88. The molecule has 9 heteroatoms. The molecule has 0 atom stereocenters. The van der Waals surface area contributed by atoms with E-state index in [1.165, 1.54) is 32.0 Å². The van der Waals surface area contributed by atoms with Gasteiger partial charge < -0.3 is 8.83 Å². The van der Waals surface area contributed by atoms with Crippen LogP contribution in [0.5, 0.6) is 0 Å². The van der Waals surface area contributed by atoms with Gasteiger partial charge in [0.05, 0.1) is 11.1 Å². The Labute approximate surface area is 183 Å². The number of oxazole rings is 1. The first-order valence-corrected chi connectivity index (χ1v) is 9.89. The molecule has 0 saturated heterocycles. The molecule has 0 radical (unpaired) electrons. The van der Waals surface area contributed by atoms with Gasteiger partial charge >= 0.3 is 17.8 Å². The lowest BCUT2D eigenvalue weighted by Gasteiger charge is -2.25. The summed E-state index contributed by atoms with van der Waals surface area (Å²) in [5, 5.41) is 0.0140. The molecule has 0 bridgehead atoms. The van der Waals surface area contributed by atoms with E-state index in [4.69, 9.17) is 8.83 Å². The number of alkyl halides is 6.